The zero-order valence-corrected chi connectivity index (χ0v) is 12.0. The fourth-order valence-electron chi connectivity index (χ4n) is 1.92. The minimum Gasteiger partial charge on any atom is -0.347 e. The molecule has 1 heterocycles. The molecule has 110 valence electrons. The van der Waals surface area contributed by atoms with E-state index in [4.69, 9.17) is 0 Å². The molecule has 0 saturated carbocycles. The number of aromatic amines is 1. The predicted octanol–water partition coefficient (Wildman–Crippen LogP) is 1.33. The van der Waals surface area contributed by atoms with Crippen LogP contribution in [0.3, 0.4) is 0 Å². The van der Waals surface area contributed by atoms with Crippen LogP contribution >= 0.6 is 0 Å². The van der Waals surface area contributed by atoms with Crippen molar-refractivity contribution in [3.63, 3.8) is 0 Å². The molecule has 6 heteroatoms. The van der Waals surface area contributed by atoms with E-state index >= 15 is 0 Å². The summed E-state index contributed by atoms with van der Waals surface area (Å²) in [5.74, 6) is 0.146. The zero-order chi connectivity index (χ0) is 15.2. The van der Waals surface area contributed by atoms with E-state index in [0.717, 1.165) is 5.56 Å². The van der Waals surface area contributed by atoms with E-state index in [-0.39, 0.29) is 24.4 Å². The van der Waals surface area contributed by atoms with Crippen LogP contribution in [-0.2, 0) is 4.79 Å². The third-order valence-electron chi connectivity index (χ3n) is 3.00. The first-order valence-electron chi connectivity index (χ1n) is 6.70. The Morgan fingerprint density at radius 2 is 2.19 bits per heavy atom. The van der Waals surface area contributed by atoms with Gasteiger partial charge in [0.1, 0.15) is 5.82 Å². The molecule has 0 aliphatic heterocycles. The Kier molecular flexibility index (Phi) is 4.71. The summed E-state index contributed by atoms with van der Waals surface area (Å²) in [6, 6.07) is 6.98. The molecule has 1 unspecified atom stereocenters. The summed E-state index contributed by atoms with van der Waals surface area (Å²) in [4.78, 5) is 30.7. The molecule has 1 aromatic heterocycles. The molecule has 0 saturated heterocycles. The van der Waals surface area contributed by atoms with E-state index in [9.17, 15) is 9.59 Å². The number of nitrogens with zero attached hydrogens (tertiary/aromatic N) is 1. The lowest BCUT2D eigenvalue weighted by atomic mass is 10.1. The molecule has 2 rings (SSSR count). The molecule has 0 radical (unpaired) electrons. The second kappa shape index (κ2) is 6.69. The predicted molar refractivity (Wildman–Crippen MR) is 78.7 cm³/mol. The minimum absolute atomic E-state index is 0.0716. The van der Waals surface area contributed by atoms with Crippen LogP contribution in [0.4, 0.5) is 0 Å². The van der Waals surface area contributed by atoms with Crippen molar-refractivity contribution >= 4 is 11.8 Å². The van der Waals surface area contributed by atoms with Gasteiger partial charge in [-0.3, -0.25) is 9.59 Å². The van der Waals surface area contributed by atoms with Crippen LogP contribution in [0.2, 0.25) is 0 Å². The Balaban J connectivity index is 1.82. The third kappa shape index (κ3) is 4.17. The highest BCUT2D eigenvalue weighted by atomic mass is 16.2. The molecule has 6 nitrogen and oxygen atoms in total. The molecule has 3 N–H and O–H groups in total. The van der Waals surface area contributed by atoms with Gasteiger partial charge in [0.15, 0.2) is 0 Å². The number of aromatic nitrogens is 2. The normalized spacial score (nSPS) is 11.7. The summed E-state index contributed by atoms with van der Waals surface area (Å²) in [5.41, 5.74) is 1.54. The number of rotatable bonds is 5. The molecule has 0 aliphatic rings. The standard InChI is InChI=1S/C15H18N4O2/c1-10-4-3-5-12(8-10)15(21)18-9-13(20)19-11(2)14-16-6-7-17-14/h3-8,11H,9H2,1-2H3,(H,16,17)(H,18,21)(H,19,20). The number of benzene rings is 1. The Hall–Kier alpha value is -2.63. The van der Waals surface area contributed by atoms with E-state index < -0.39 is 0 Å². The van der Waals surface area contributed by atoms with E-state index in [1.807, 2.05) is 26.0 Å². The molecule has 0 bridgehead atoms. The van der Waals surface area contributed by atoms with E-state index in [1.54, 1.807) is 24.5 Å². The van der Waals surface area contributed by atoms with Crippen LogP contribution in [0.25, 0.3) is 0 Å². The number of imidazole rings is 1. The van der Waals surface area contributed by atoms with Gasteiger partial charge in [-0.05, 0) is 26.0 Å². The summed E-state index contributed by atoms with van der Waals surface area (Å²) in [7, 11) is 0. The van der Waals surface area contributed by atoms with Crippen LogP contribution in [0.15, 0.2) is 36.7 Å². The molecule has 1 aromatic carbocycles. The lowest BCUT2D eigenvalue weighted by Crippen LogP contribution is -2.38. The van der Waals surface area contributed by atoms with Crippen molar-refractivity contribution in [3.05, 3.63) is 53.6 Å². The number of hydrogen-bond donors (Lipinski definition) is 3. The zero-order valence-electron chi connectivity index (χ0n) is 12.0. The Labute approximate surface area is 123 Å². The lowest BCUT2D eigenvalue weighted by molar-refractivity contribution is -0.120. The van der Waals surface area contributed by atoms with Crippen LogP contribution in [-0.4, -0.2) is 28.3 Å². The monoisotopic (exact) mass is 286 g/mol. The van der Waals surface area contributed by atoms with Gasteiger partial charge in [-0.2, -0.15) is 0 Å². The van der Waals surface area contributed by atoms with Crippen molar-refractivity contribution in [1.82, 2.24) is 20.6 Å². The van der Waals surface area contributed by atoms with Gasteiger partial charge in [-0.25, -0.2) is 4.98 Å². The Morgan fingerprint density at radius 3 is 2.86 bits per heavy atom. The van der Waals surface area contributed by atoms with Crippen molar-refractivity contribution in [2.75, 3.05) is 6.54 Å². The number of amides is 2. The average Bonchev–Trinajstić information content (AvgIpc) is 2.99. The average molecular weight is 286 g/mol. The van der Waals surface area contributed by atoms with Gasteiger partial charge in [0, 0.05) is 18.0 Å². The van der Waals surface area contributed by atoms with Gasteiger partial charge in [0.05, 0.1) is 12.6 Å². The van der Waals surface area contributed by atoms with Gasteiger partial charge in [0.25, 0.3) is 5.91 Å². The second-order valence-electron chi connectivity index (χ2n) is 4.82. The number of carbonyl (C=O) groups excluding carboxylic acids is 2. The van der Waals surface area contributed by atoms with Gasteiger partial charge < -0.3 is 15.6 Å². The summed E-state index contributed by atoms with van der Waals surface area (Å²) >= 11 is 0. The van der Waals surface area contributed by atoms with Gasteiger partial charge in [0.2, 0.25) is 5.91 Å². The highest BCUT2D eigenvalue weighted by Gasteiger charge is 2.12. The van der Waals surface area contributed by atoms with Gasteiger partial charge in [-0.15, -0.1) is 0 Å². The highest BCUT2D eigenvalue weighted by molar-refractivity contribution is 5.96. The van der Waals surface area contributed by atoms with E-state index in [0.29, 0.717) is 11.4 Å². The third-order valence-corrected chi connectivity index (χ3v) is 3.00. The number of hydrogen-bond acceptors (Lipinski definition) is 3. The van der Waals surface area contributed by atoms with Crippen LogP contribution in [0.5, 0.6) is 0 Å². The van der Waals surface area contributed by atoms with Crippen molar-refractivity contribution in [2.24, 2.45) is 0 Å². The van der Waals surface area contributed by atoms with Crippen molar-refractivity contribution in [1.29, 1.82) is 0 Å². The smallest absolute Gasteiger partial charge is 0.251 e. The number of nitrogens with one attached hydrogen (secondary N) is 3. The van der Waals surface area contributed by atoms with Crippen molar-refractivity contribution in [3.8, 4) is 0 Å². The van der Waals surface area contributed by atoms with Gasteiger partial charge in [-0.1, -0.05) is 17.7 Å². The number of aryl methyl sites for hydroxylation is 1. The molecular formula is C15H18N4O2. The Bertz CT molecular complexity index is 622. The molecule has 0 spiro atoms. The number of carbonyl (C=O) groups is 2. The quantitative estimate of drug-likeness (QED) is 0.775. The lowest BCUT2D eigenvalue weighted by Gasteiger charge is -2.12. The summed E-state index contributed by atoms with van der Waals surface area (Å²) in [5, 5.41) is 5.35. The summed E-state index contributed by atoms with van der Waals surface area (Å²) in [6.45, 7) is 3.66. The SMILES string of the molecule is Cc1cccc(C(=O)NCC(=O)NC(C)c2ncc[nH]2)c1. The van der Waals surface area contributed by atoms with E-state index in [1.165, 1.54) is 0 Å². The van der Waals surface area contributed by atoms with E-state index in [2.05, 4.69) is 20.6 Å². The molecule has 21 heavy (non-hydrogen) atoms. The van der Waals surface area contributed by atoms with Crippen LogP contribution in [0, 0.1) is 6.92 Å². The highest BCUT2D eigenvalue weighted by Crippen LogP contribution is 2.05. The van der Waals surface area contributed by atoms with Crippen LogP contribution in [0.1, 0.15) is 34.7 Å². The first-order valence-corrected chi connectivity index (χ1v) is 6.70. The largest absolute Gasteiger partial charge is 0.347 e. The van der Waals surface area contributed by atoms with Crippen molar-refractivity contribution in [2.45, 2.75) is 19.9 Å². The molecular weight excluding hydrogens is 268 g/mol. The molecule has 2 amide bonds. The Morgan fingerprint density at radius 1 is 1.38 bits per heavy atom. The summed E-state index contributed by atoms with van der Waals surface area (Å²) in [6.07, 6.45) is 3.31. The molecule has 2 aromatic rings. The second-order valence-corrected chi connectivity index (χ2v) is 4.82. The maximum Gasteiger partial charge on any atom is 0.251 e. The first kappa shape index (κ1) is 14.8. The van der Waals surface area contributed by atoms with Crippen molar-refractivity contribution < 1.29 is 9.59 Å². The fraction of sp³-hybridized carbons (Fsp3) is 0.267. The first-order chi connectivity index (χ1) is 10.1. The van der Waals surface area contributed by atoms with Gasteiger partial charge >= 0.3 is 0 Å². The number of H-pyrrole nitrogens is 1. The summed E-state index contributed by atoms with van der Waals surface area (Å²) < 4.78 is 0. The molecule has 0 fully saturated rings. The maximum atomic E-state index is 11.9. The molecule has 0 aliphatic carbocycles. The molecule has 1 atom stereocenters. The maximum absolute atomic E-state index is 11.9. The van der Waals surface area contributed by atoms with Crippen LogP contribution < -0.4 is 10.6 Å². The minimum atomic E-state index is -0.264. The fourth-order valence-corrected chi connectivity index (χ4v) is 1.92. The topological polar surface area (TPSA) is 86.9 Å².